The van der Waals surface area contributed by atoms with Gasteiger partial charge in [0.15, 0.2) is 0 Å². The molecule has 0 amide bonds. The van der Waals surface area contributed by atoms with Crippen LogP contribution < -0.4 is 5.56 Å². The summed E-state index contributed by atoms with van der Waals surface area (Å²) >= 11 is 0. The van der Waals surface area contributed by atoms with E-state index < -0.39 is 29.9 Å². The molecule has 0 radical (unpaired) electrons. The Balaban J connectivity index is 2.40. The first-order valence-corrected chi connectivity index (χ1v) is 8.21. The van der Waals surface area contributed by atoms with Gasteiger partial charge in [0, 0.05) is 24.5 Å². The van der Waals surface area contributed by atoms with Crippen LogP contribution in [0.15, 0.2) is 35.1 Å². The Kier molecular flexibility index (Phi) is 6.30. The largest absolute Gasteiger partial charge is 0.416 e. The van der Waals surface area contributed by atoms with Crippen LogP contribution >= 0.6 is 0 Å². The van der Waals surface area contributed by atoms with Crippen molar-refractivity contribution in [3.63, 3.8) is 0 Å². The van der Waals surface area contributed by atoms with Crippen molar-refractivity contribution in [2.75, 3.05) is 0 Å². The average Bonchev–Trinajstić information content (AvgIpc) is 2.55. The first-order chi connectivity index (χ1) is 12.9. The molecule has 0 spiro atoms. The lowest BCUT2D eigenvalue weighted by Crippen LogP contribution is -2.27. The van der Waals surface area contributed by atoms with Crippen molar-refractivity contribution in [3.8, 4) is 11.3 Å². The summed E-state index contributed by atoms with van der Waals surface area (Å²) < 4.78 is 76.2. The van der Waals surface area contributed by atoms with Crippen LogP contribution in [-0.4, -0.2) is 21.5 Å². The predicted octanol–water partition coefficient (Wildman–Crippen LogP) is 4.40. The number of Topliss-reactive ketones (excluding diaryl/α,β-unsaturated/α-hetero) is 1. The highest BCUT2D eigenvalue weighted by molar-refractivity contribution is 5.75. The molecule has 10 heteroatoms. The number of rotatable bonds is 6. The third-order valence-electron chi connectivity index (χ3n) is 3.84. The van der Waals surface area contributed by atoms with Gasteiger partial charge < -0.3 is 0 Å². The van der Waals surface area contributed by atoms with Crippen LogP contribution in [0.2, 0.25) is 0 Å². The smallest absolute Gasteiger partial charge is 0.298 e. The van der Waals surface area contributed by atoms with Gasteiger partial charge in [0.1, 0.15) is 11.6 Å². The molecule has 0 unspecified atom stereocenters. The van der Waals surface area contributed by atoms with Gasteiger partial charge in [-0.05, 0) is 25.5 Å². The first-order valence-electron chi connectivity index (χ1n) is 8.21. The zero-order valence-corrected chi connectivity index (χ0v) is 14.7. The fraction of sp³-hybridized carbons (Fsp3) is 0.389. The quantitative estimate of drug-likeness (QED) is 0.668. The zero-order chi connectivity index (χ0) is 21.1. The number of carbonyl (C=O) groups is 1. The molecule has 1 aromatic heterocycles. The minimum absolute atomic E-state index is 0.0261. The van der Waals surface area contributed by atoms with Gasteiger partial charge in [0.2, 0.25) is 0 Å². The highest BCUT2D eigenvalue weighted by atomic mass is 19.4. The van der Waals surface area contributed by atoms with Gasteiger partial charge in [-0.1, -0.05) is 12.1 Å². The van der Waals surface area contributed by atoms with Crippen molar-refractivity contribution in [1.29, 1.82) is 0 Å². The van der Waals surface area contributed by atoms with Crippen LogP contribution in [0.25, 0.3) is 11.3 Å². The number of aryl methyl sites for hydroxylation is 1. The standard InChI is InChI=1S/C18H16F6N2O2/c1-11(27)10-26-15(3-2-8-17(19,20)21)25-14(9-16(26)28)12-4-6-13(7-5-12)18(22,23)24/h4-7,9H,2-3,8,10H2,1H3. The minimum atomic E-state index is -4.53. The molecule has 0 saturated carbocycles. The van der Waals surface area contributed by atoms with Crippen LogP contribution in [0.3, 0.4) is 0 Å². The lowest BCUT2D eigenvalue weighted by molar-refractivity contribution is -0.137. The maximum Gasteiger partial charge on any atom is 0.416 e. The Morgan fingerprint density at radius 1 is 1.07 bits per heavy atom. The Hall–Kier alpha value is -2.65. The summed E-state index contributed by atoms with van der Waals surface area (Å²) in [5, 5.41) is 0. The number of aromatic nitrogens is 2. The summed E-state index contributed by atoms with van der Waals surface area (Å²) in [6.07, 6.45) is -10.6. The number of hydrogen-bond donors (Lipinski definition) is 0. The Labute approximate surface area is 155 Å². The third-order valence-corrected chi connectivity index (χ3v) is 3.84. The summed E-state index contributed by atoms with van der Waals surface area (Å²) in [4.78, 5) is 27.8. The number of carbonyl (C=O) groups excluding carboxylic acids is 1. The number of benzene rings is 1. The van der Waals surface area contributed by atoms with Crippen LogP contribution in [0.4, 0.5) is 26.3 Å². The maximum absolute atomic E-state index is 12.7. The number of ketones is 1. The number of alkyl halides is 6. The molecule has 152 valence electrons. The molecule has 0 saturated heterocycles. The van der Waals surface area contributed by atoms with E-state index in [4.69, 9.17) is 0 Å². The van der Waals surface area contributed by atoms with E-state index >= 15 is 0 Å². The molecular weight excluding hydrogens is 390 g/mol. The molecule has 2 rings (SSSR count). The second-order valence-corrected chi connectivity index (χ2v) is 6.23. The average molecular weight is 406 g/mol. The molecular formula is C18H16F6N2O2. The third kappa shape index (κ3) is 5.93. The van der Waals surface area contributed by atoms with Crippen molar-refractivity contribution in [1.82, 2.24) is 9.55 Å². The lowest BCUT2D eigenvalue weighted by atomic mass is 10.1. The Bertz CT molecular complexity index is 898. The topological polar surface area (TPSA) is 52.0 Å². The number of nitrogens with zero attached hydrogens (tertiary/aromatic N) is 2. The zero-order valence-electron chi connectivity index (χ0n) is 14.7. The molecule has 0 fully saturated rings. The number of hydrogen-bond acceptors (Lipinski definition) is 3. The highest BCUT2D eigenvalue weighted by Crippen LogP contribution is 2.30. The second-order valence-electron chi connectivity index (χ2n) is 6.23. The Morgan fingerprint density at radius 2 is 1.68 bits per heavy atom. The van der Waals surface area contributed by atoms with Crippen LogP contribution in [0.1, 0.15) is 31.2 Å². The fourth-order valence-corrected chi connectivity index (χ4v) is 2.56. The van der Waals surface area contributed by atoms with Crippen molar-refractivity contribution < 1.29 is 31.1 Å². The van der Waals surface area contributed by atoms with Crippen LogP contribution in [-0.2, 0) is 23.9 Å². The molecule has 4 nitrogen and oxygen atoms in total. The van der Waals surface area contributed by atoms with E-state index in [-0.39, 0.29) is 42.3 Å². The lowest BCUT2D eigenvalue weighted by Gasteiger charge is -2.14. The molecule has 0 aliphatic heterocycles. The van der Waals surface area contributed by atoms with Crippen molar-refractivity contribution >= 4 is 5.78 Å². The van der Waals surface area contributed by atoms with Gasteiger partial charge in [-0.3, -0.25) is 14.2 Å². The van der Waals surface area contributed by atoms with E-state index in [0.29, 0.717) is 0 Å². The summed E-state index contributed by atoms with van der Waals surface area (Å²) in [7, 11) is 0. The molecule has 1 aromatic carbocycles. The van der Waals surface area contributed by atoms with Gasteiger partial charge in [0.05, 0.1) is 17.8 Å². The van der Waals surface area contributed by atoms with E-state index in [1.54, 1.807) is 0 Å². The van der Waals surface area contributed by atoms with E-state index in [0.717, 1.165) is 34.9 Å². The van der Waals surface area contributed by atoms with E-state index in [1.807, 2.05) is 0 Å². The first kappa shape index (κ1) is 21.6. The van der Waals surface area contributed by atoms with E-state index in [9.17, 15) is 35.9 Å². The van der Waals surface area contributed by atoms with Crippen LogP contribution in [0.5, 0.6) is 0 Å². The SMILES string of the molecule is CC(=O)Cn1c(CCCC(F)(F)F)nc(-c2ccc(C(F)(F)F)cc2)cc1=O. The molecule has 0 atom stereocenters. The normalized spacial score (nSPS) is 12.2. The Morgan fingerprint density at radius 3 is 2.18 bits per heavy atom. The van der Waals surface area contributed by atoms with E-state index in [2.05, 4.69) is 4.98 Å². The van der Waals surface area contributed by atoms with Gasteiger partial charge in [0.25, 0.3) is 5.56 Å². The summed E-state index contributed by atoms with van der Waals surface area (Å²) in [6, 6.07) is 4.93. The highest BCUT2D eigenvalue weighted by Gasteiger charge is 2.30. The van der Waals surface area contributed by atoms with Gasteiger partial charge in [-0.15, -0.1) is 0 Å². The second kappa shape index (κ2) is 8.15. The monoisotopic (exact) mass is 406 g/mol. The number of halogens is 6. The summed E-state index contributed by atoms with van der Waals surface area (Å²) in [5.74, 6) is -0.412. The molecule has 0 N–H and O–H groups in total. The molecule has 28 heavy (non-hydrogen) atoms. The predicted molar refractivity (Wildman–Crippen MR) is 88.6 cm³/mol. The van der Waals surface area contributed by atoms with Crippen molar-refractivity contribution in [2.45, 2.75) is 45.1 Å². The molecule has 0 aliphatic carbocycles. The molecule has 0 bridgehead atoms. The van der Waals surface area contributed by atoms with Crippen molar-refractivity contribution in [3.05, 3.63) is 52.1 Å². The van der Waals surface area contributed by atoms with Gasteiger partial charge in [-0.25, -0.2) is 4.98 Å². The minimum Gasteiger partial charge on any atom is -0.298 e. The fourth-order valence-electron chi connectivity index (χ4n) is 2.56. The van der Waals surface area contributed by atoms with Crippen molar-refractivity contribution in [2.24, 2.45) is 0 Å². The summed E-state index contributed by atoms with van der Waals surface area (Å²) in [6.45, 7) is 0.871. The van der Waals surface area contributed by atoms with Gasteiger partial charge >= 0.3 is 12.4 Å². The molecule has 0 aliphatic rings. The molecule has 1 heterocycles. The maximum atomic E-state index is 12.7. The van der Waals surface area contributed by atoms with E-state index in [1.165, 1.54) is 6.92 Å². The molecule has 2 aromatic rings. The van der Waals surface area contributed by atoms with Crippen LogP contribution in [0, 0.1) is 0 Å². The summed E-state index contributed by atoms with van der Waals surface area (Å²) in [5.41, 5.74) is -1.31. The van der Waals surface area contributed by atoms with Gasteiger partial charge in [-0.2, -0.15) is 26.3 Å².